The third-order valence-corrected chi connectivity index (χ3v) is 6.86. The van der Waals surface area contributed by atoms with Gasteiger partial charge in [-0.1, -0.05) is 6.92 Å². The van der Waals surface area contributed by atoms with Crippen LogP contribution >= 0.6 is 15.9 Å². The van der Waals surface area contributed by atoms with Crippen molar-refractivity contribution in [2.24, 2.45) is 5.92 Å². The molecule has 3 aromatic rings. The van der Waals surface area contributed by atoms with Gasteiger partial charge < -0.3 is 15.2 Å². The number of nitrogens with one attached hydrogen (secondary N) is 2. The first-order chi connectivity index (χ1) is 16.6. The zero-order valence-electron chi connectivity index (χ0n) is 19.7. The van der Waals surface area contributed by atoms with Crippen molar-refractivity contribution in [2.45, 2.75) is 52.5 Å². The Morgan fingerprint density at radius 1 is 1.14 bits per heavy atom. The number of aromatic hydroxyl groups is 1. The zero-order chi connectivity index (χ0) is 25.3. The van der Waals surface area contributed by atoms with Crippen molar-refractivity contribution in [2.75, 3.05) is 0 Å². The van der Waals surface area contributed by atoms with Gasteiger partial charge in [0.05, 0.1) is 10.2 Å². The molecule has 1 aliphatic rings. The van der Waals surface area contributed by atoms with Gasteiger partial charge in [0.15, 0.2) is 0 Å². The first-order valence-corrected chi connectivity index (χ1v) is 12.2. The summed E-state index contributed by atoms with van der Waals surface area (Å²) in [5.74, 6) is 1.23. The van der Waals surface area contributed by atoms with Crippen molar-refractivity contribution in [1.29, 1.82) is 0 Å². The van der Waals surface area contributed by atoms with Crippen molar-refractivity contribution in [3.63, 3.8) is 0 Å². The number of halogens is 1. The number of carbonyl (C=O) groups is 1. The van der Waals surface area contributed by atoms with Crippen LogP contribution in [0.3, 0.4) is 0 Å². The van der Waals surface area contributed by atoms with Gasteiger partial charge in [-0.2, -0.15) is 9.78 Å². The monoisotopic (exact) mass is 542 g/mol. The maximum Gasteiger partial charge on any atom is 0.349 e. The van der Waals surface area contributed by atoms with Crippen LogP contribution in [-0.4, -0.2) is 31.8 Å². The Bertz CT molecular complexity index is 1370. The van der Waals surface area contributed by atoms with Crippen LogP contribution in [0.15, 0.2) is 44.4 Å². The molecule has 2 aromatic carbocycles. The van der Waals surface area contributed by atoms with Gasteiger partial charge in [0.25, 0.3) is 11.5 Å². The molecule has 0 bridgehead atoms. The van der Waals surface area contributed by atoms with E-state index in [-0.39, 0.29) is 17.5 Å². The molecule has 1 aliphatic carbocycles. The first-order valence-electron chi connectivity index (χ1n) is 11.4. The molecule has 1 aromatic heterocycles. The number of amides is 1. The molecule has 1 amide bonds. The number of aryl methyl sites for hydroxylation is 2. The van der Waals surface area contributed by atoms with Gasteiger partial charge in [-0.3, -0.25) is 14.6 Å². The van der Waals surface area contributed by atoms with Crippen LogP contribution in [-0.2, 0) is 0 Å². The minimum Gasteiger partial charge on any atom is -0.507 e. The highest BCUT2D eigenvalue weighted by atomic mass is 79.9. The first kappa shape index (κ1) is 24.7. The highest BCUT2D eigenvalue weighted by molar-refractivity contribution is 9.10. The quantitative estimate of drug-likeness (QED) is 0.445. The lowest BCUT2D eigenvalue weighted by Gasteiger charge is -2.26. The summed E-state index contributed by atoms with van der Waals surface area (Å²) in [6, 6.07) is 8.17. The summed E-state index contributed by atoms with van der Waals surface area (Å²) < 4.78 is 7.51. The van der Waals surface area contributed by atoms with Crippen LogP contribution < -0.4 is 21.3 Å². The number of rotatable bonds is 5. The summed E-state index contributed by atoms with van der Waals surface area (Å²) >= 11 is 3.27. The Hall–Kier alpha value is -3.40. The van der Waals surface area contributed by atoms with E-state index in [2.05, 4.69) is 38.3 Å². The summed E-state index contributed by atoms with van der Waals surface area (Å²) in [4.78, 5) is 39.9. The van der Waals surface area contributed by atoms with Gasteiger partial charge >= 0.3 is 5.69 Å². The summed E-state index contributed by atoms with van der Waals surface area (Å²) in [6.45, 7) is 5.82. The fourth-order valence-corrected chi connectivity index (χ4v) is 4.62. The zero-order valence-corrected chi connectivity index (χ0v) is 21.3. The minimum absolute atomic E-state index is 0.0128. The van der Waals surface area contributed by atoms with Crippen LogP contribution in [0, 0.1) is 19.8 Å². The van der Waals surface area contributed by atoms with Crippen molar-refractivity contribution >= 4 is 21.8 Å². The molecule has 0 saturated heterocycles. The molecule has 35 heavy (non-hydrogen) atoms. The Labute approximate surface area is 210 Å². The molecule has 0 unspecified atom stereocenters. The number of hydrogen-bond donors (Lipinski definition) is 3. The lowest BCUT2D eigenvalue weighted by molar-refractivity contribution is 0.0914. The highest BCUT2D eigenvalue weighted by Crippen LogP contribution is 2.34. The van der Waals surface area contributed by atoms with Crippen LogP contribution in [0.25, 0.3) is 5.69 Å². The van der Waals surface area contributed by atoms with E-state index in [0.29, 0.717) is 38.7 Å². The van der Waals surface area contributed by atoms with Crippen LogP contribution in [0.1, 0.15) is 54.2 Å². The number of ether oxygens (including phenoxy) is 1. The third kappa shape index (κ3) is 5.48. The second-order valence-corrected chi connectivity index (χ2v) is 9.93. The Balaban J connectivity index is 1.63. The molecule has 9 nitrogen and oxygen atoms in total. The number of nitrogens with zero attached hydrogens (tertiary/aromatic N) is 2. The molecule has 3 N–H and O–H groups in total. The second-order valence-electron chi connectivity index (χ2n) is 9.07. The lowest BCUT2D eigenvalue weighted by atomic mass is 9.87. The number of H-pyrrole nitrogens is 1. The average molecular weight is 543 g/mol. The number of phenols is 1. The SMILES string of the molecule is Cc1cc(-n2nc(C(=O)NC3CCC(C)CC3)c(=O)[nH]c2=O)cc(C)c1Oc1ccc(O)c(Br)c1. The number of carbonyl (C=O) groups excluding carboxylic acids is 1. The van der Waals surface area contributed by atoms with Crippen molar-refractivity contribution in [3.05, 3.63) is 72.5 Å². The van der Waals surface area contributed by atoms with Gasteiger partial charge in [0, 0.05) is 6.04 Å². The van der Waals surface area contributed by atoms with Gasteiger partial charge in [0.1, 0.15) is 17.2 Å². The standard InChI is InChI=1S/C25H27BrN4O5/c1-13-4-6-16(7-5-13)27-23(32)21-24(33)28-25(34)30(29-21)17-10-14(2)22(15(3)11-17)35-18-8-9-20(31)19(26)12-18/h8-13,16,31H,4-7H2,1-3H3,(H,27,32)(H,28,33,34). The fraction of sp³-hybridized carbons (Fsp3) is 0.360. The van der Waals surface area contributed by atoms with E-state index in [0.717, 1.165) is 30.4 Å². The van der Waals surface area contributed by atoms with E-state index in [1.807, 2.05) is 13.8 Å². The van der Waals surface area contributed by atoms with E-state index in [4.69, 9.17) is 4.74 Å². The number of phenolic OH excluding ortho intramolecular Hbond substituents is 1. The molecule has 0 spiro atoms. The van der Waals surface area contributed by atoms with Crippen LogP contribution in [0.2, 0.25) is 0 Å². The van der Waals surface area contributed by atoms with E-state index < -0.39 is 17.2 Å². The summed E-state index contributed by atoms with van der Waals surface area (Å²) in [5, 5.41) is 16.7. The highest BCUT2D eigenvalue weighted by Gasteiger charge is 2.23. The normalized spacial score (nSPS) is 17.7. The van der Waals surface area contributed by atoms with Gasteiger partial charge in [0.2, 0.25) is 5.69 Å². The van der Waals surface area contributed by atoms with Gasteiger partial charge in [-0.05, 0) is 103 Å². The predicted molar refractivity (Wildman–Crippen MR) is 135 cm³/mol. The maximum atomic E-state index is 12.8. The molecule has 0 radical (unpaired) electrons. The molecule has 1 heterocycles. The van der Waals surface area contributed by atoms with Gasteiger partial charge in [-0.15, -0.1) is 0 Å². The van der Waals surface area contributed by atoms with Crippen molar-refractivity contribution in [3.8, 4) is 22.9 Å². The molecular formula is C25H27BrN4O5. The maximum absolute atomic E-state index is 12.8. The smallest absolute Gasteiger partial charge is 0.349 e. The van der Waals surface area contributed by atoms with Crippen LogP contribution in [0.4, 0.5) is 0 Å². The summed E-state index contributed by atoms with van der Waals surface area (Å²) in [5.41, 5.74) is -0.0983. The van der Waals surface area contributed by atoms with E-state index in [9.17, 15) is 19.5 Å². The molecule has 184 valence electrons. The van der Waals surface area contributed by atoms with E-state index >= 15 is 0 Å². The second kappa shape index (κ2) is 10.1. The predicted octanol–water partition coefficient (Wildman–Crippen LogP) is 4.11. The van der Waals surface area contributed by atoms with E-state index in [1.165, 1.54) is 6.07 Å². The Morgan fingerprint density at radius 3 is 2.43 bits per heavy atom. The Kier molecular flexibility index (Phi) is 7.11. The van der Waals surface area contributed by atoms with Crippen molar-refractivity contribution in [1.82, 2.24) is 20.1 Å². The molecular weight excluding hydrogens is 516 g/mol. The molecule has 1 saturated carbocycles. The molecule has 10 heteroatoms. The van der Waals surface area contributed by atoms with Crippen molar-refractivity contribution < 1.29 is 14.6 Å². The third-order valence-electron chi connectivity index (χ3n) is 6.22. The molecule has 0 aliphatic heterocycles. The summed E-state index contributed by atoms with van der Waals surface area (Å²) in [6.07, 6.45) is 3.73. The number of aromatic amines is 1. The minimum atomic E-state index is -0.820. The lowest BCUT2D eigenvalue weighted by Crippen LogP contribution is -2.43. The number of benzene rings is 2. The number of hydrogen-bond acceptors (Lipinski definition) is 6. The molecule has 1 fully saturated rings. The van der Waals surface area contributed by atoms with Crippen LogP contribution in [0.5, 0.6) is 17.2 Å². The molecule has 0 atom stereocenters. The topological polar surface area (TPSA) is 126 Å². The number of aromatic nitrogens is 3. The average Bonchev–Trinajstić information content (AvgIpc) is 2.80. The largest absolute Gasteiger partial charge is 0.507 e. The molecule has 4 rings (SSSR count). The Morgan fingerprint density at radius 2 is 1.80 bits per heavy atom. The summed E-state index contributed by atoms with van der Waals surface area (Å²) in [7, 11) is 0. The van der Waals surface area contributed by atoms with Gasteiger partial charge in [-0.25, -0.2) is 4.79 Å². The van der Waals surface area contributed by atoms with E-state index in [1.54, 1.807) is 24.3 Å². The fourth-order valence-electron chi connectivity index (χ4n) is 4.26.